The Morgan fingerprint density at radius 3 is 2.72 bits per heavy atom. The van der Waals surface area contributed by atoms with Crippen LogP contribution >= 0.6 is 0 Å². The summed E-state index contributed by atoms with van der Waals surface area (Å²) in [4.78, 5) is 32.1. The van der Waals surface area contributed by atoms with E-state index in [1.165, 1.54) is 42.5 Å². The van der Waals surface area contributed by atoms with Gasteiger partial charge in [-0.3, -0.25) is 19.1 Å². The summed E-state index contributed by atoms with van der Waals surface area (Å²) in [7, 11) is 1.36. The molecule has 0 spiro atoms. The van der Waals surface area contributed by atoms with Gasteiger partial charge in [0.2, 0.25) is 0 Å². The van der Waals surface area contributed by atoms with Crippen LogP contribution in [0.25, 0.3) is 27.9 Å². The van der Waals surface area contributed by atoms with Gasteiger partial charge in [-0.15, -0.1) is 0 Å². The van der Waals surface area contributed by atoms with E-state index < -0.39 is 12.1 Å². The van der Waals surface area contributed by atoms with Crippen LogP contribution in [0.5, 0.6) is 5.75 Å². The molecule has 0 saturated carbocycles. The molecule has 4 heterocycles. The normalized spacial score (nSPS) is 11.2. The van der Waals surface area contributed by atoms with Crippen LogP contribution in [-0.4, -0.2) is 27.9 Å². The van der Waals surface area contributed by atoms with Crippen LogP contribution < -0.4 is 10.3 Å². The fourth-order valence-electron chi connectivity index (χ4n) is 3.01. The highest BCUT2D eigenvalue weighted by atomic mass is 19.3. The van der Waals surface area contributed by atoms with Crippen molar-refractivity contribution in [3.8, 4) is 22.7 Å². The molecule has 0 amide bonds. The van der Waals surface area contributed by atoms with E-state index in [1.807, 2.05) is 0 Å². The van der Waals surface area contributed by atoms with Gasteiger partial charge in [0.05, 0.1) is 25.0 Å². The number of ether oxygens (including phenoxy) is 1. The molecule has 7 nitrogen and oxygen atoms in total. The van der Waals surface area contributed by atoms with Crippen molar-refractivity contribution in [1.29, 1.82) is 0 Å². The van der Waals surface area contributed by atoms with E-state index in [9.17, 15) is 18.4 Å². The van der Waals surface area contributed by atoms with Crippen LogP contribution in [0.3, 0.4) is 0 Å². The van der Waals surface area contributed by atoms with E-state index >= 15 is 0 Å². The van der Waals surface area contributed by atoms with Crippen LogP contribution in [0, 0.1) is 0 Å². The first-order valence-corrected chi connectivity index (χ1v) is 8.40. The van der Waals surface area contributed by atoms with E-state index in [1.54, 1.807) is 6.07 Å². The maximum Gasteiger partial charge on any atom is 0.280 e. The minimum atomic E-state index is -2.80. The van der Waals surface area contributed by atoms with Crippen molar-refractivity contribution in [3.05, 3.63) is 70.7 Å². The quantitative estimate of drug-likeness (QED) is 0.476. The molecule has 0 saturated heterocycles. The molecule has 0 aromatic carbocycles. The molecule has 4 aromatic heterocycles. The third-order valence-electron chi connectivity index (χ3n) is 4.44. The summed E-state index contributed by atoms with van der Waals surface area (Å²) in [5.41, 5.74) is 0.257. The van der Waals surface area contributed by atoms with Gasteiger partial charge in [-0.1, -0.05) is 0 Å². The number of fused-ring (bicyclic) bond motifs is 1. The first-order valence-electron chi connectivity index (χ1n) is 8.40. The van der Waals surface area contributed by atoms with Gasteiger partial charge in [0.15, 0.2) is 6.29 Å². The molecule has 0 radical (unpaired) electrons. The number of methoxy groups -OCH3 is 1. The zero-order valence-electron chi connectivity index (χ0n) is 15.0. The lowest BCUT2D eigenvalue weighted by Gasteiger charge is -2.13. The van der Waals surface area contributed by atoms with Gasteiger partial charge in [0, 0.05) is 29.1 Å². The molecule has 0 atom stereocenters. The predicted octanol–water partition coefficient (Wildman–Crippen LogP) is 3.80. The number of furan rings is 1. The first-order chi connectivity index (χ1) is 14.0. The molecule has 0 unspecified atom stereocenters. The zero-order chi connectivity index (χ0) is 20.5. The molecule has 0 aliphatic carbocycles. The molecule has 0 fully saturated rings. The molecule has 0 aliphatic rings. The molecule has 4 rings (SSSR count). The minimum Gasteiger partial charge on any atom is -0.494 e. The Morgan fingerprint density at radius 1 is 1.17 bits per heavy atom. The van der Waals surface area contributed by atoms with E-state index in [-0.39, 0.29) is 33.8 Å². The van der Waals surface area contributed by atoms with Gasteiger partial charge in [0.25, 0.3) is 12.0 Å². The third-order valence-corrected chi connectivity index (χ3v) is 4.44. The minimum absolute atomic E-state index is 0.149. The number of hydrogen-bond acceptors (Lipinski definition) is 6. The smallest absolute Gasteiger partial charge is 0.280 e. The lowest BCUT2D eigenvalue weighted by Crippen LogP contribution is -2.18. The lowest BCUT2D eigenvalue weighted by molar-refractivity contribution is 0.112. The Bertz CT molecular complexity index is 1280. The number of pyridine rings is 3. The third kappa shape index (κ3) is 3.16. The maximum atomic E-state index is 13.2. The summed E-state index contributed by atoms with van der Waals surface area (Å²) in [6.45, 7) is 0. The molecule has 0 aliphatic heterocycles. The molecule has 0 bridgehead atoms. The van der Waals surface area contributed by atoms with Crippen molar-refractivity contribution in [2.45, 2.75) is 6.43 Å². The zero-order valence-corrected chi connectivity index (χ0v) is 15.0. The van der Waals surface area contributed by atoms with Crippen molar-refractivity contribution >= 4 is 17.3 Å². The molecular weight excluding hydrogens is 384 g/mol. The van der Waals surface area contributed by atoms with E-state index in [0.29, 0.717) is 17.3 Å². The Hall–Kier alpha value is -3.88. The Morgan fingerprint density at radius 2 is 2.00 bits per heavy atom. The Balaban J connectivity index is 1.95. The van der Waals surface area contributed by atoms with Crippen molar-refractivity contribution < 1.29 is 22.7 Å². The second-order valence-corrected chi connectivity index (χ2v) is 6.05. The van der Waals surface area contributed by atoms with Gasteiger partial charge >= 0.3 is 0 Å². The van der Waals surface area contributed by atoms with Crippen molar-refractivity contribution in [2.75, 3.05) is 7.11 Å². The van der Waals surface area contributed by atoms with Crippen LogP contribution in [0.1, 0.15) is 22.5 Å². The van der Waals surface area contributed by atoms with Gasteiger partial charge in [-0.2, -0.15) is 0 Å². The standard InChI is InChI=1S/C20H13F2N3O4/c1-28-17-9-23-15(19(21)22)6-14(17)13-7-18(24-8-11(13)10-26)25-4-2-16-12(20(25)27)3-5-29-16/h2-10,19H,1H3. The molecule has 29 heavy (non-hydrogen) atoms. The lowest BCUT2D eigenvalue weighted by atomic mass is 10.0. The number of alkyl halides is 2. The van der Waals surface area contributed by atoms with E-state index in [0.717, 1.165) is 12.3 Å². The van der Waals surface area contributed by atoms with E-state index in [4.69, 9.17) is 9.15 Å². The largest absolute Gasteiger partial charge is 0.494 e. The topological polar surface area (TPSA) is 87.2 Å². The molecule has 9 heteroatoms. The van der Waals surface area contributed by atoms with Crippen LogP contribution in [0.15, 0.2) is 58.3 Å². The number of nitrogens with zero attached hydrogens (tertiary/aromatic N) is 3. The summed E-state index contributed by atoms with van der Waals surface area (Å²) in [6.07, 6.45) is 3.07. The molecule has 4 aromatic rings. The van der Waals surface area contributed by atoms with Crippen LogP contribution in [0.2, 0.25) is 0 Å². The van der Waals surface area contributed by atoms with Crippen molar-refractivity contribution in [2.24, 2.45) is 0 Å². The van der Waals surface area contributed by atoms with Gasteiger partial charge in [-0.05, 0) is 24.3 Å². The van der Waals surface area contributed by atoms with Crippen LogP contribution in [0.4, 0.5) is 8.78 Å². The Kier molecular flexibility index (Phi) is 4.63. The number of carbonyl (C=O) groups excluding carboxylic acids is 1. The number of carbonyl (C=O) groups is 1. The average Bonchev–Trinajstić information content (AvgIpc) is 3.23. The summed E-state index contributed by atoms with van der Waals surface area (Å²) < 4.78 is 38.0. The number of hydrogen-bond donors (Lipinski definition) is 0. The molecule has 146 valence electrons. The predicted molar refractivity (Wildman–Crippen MR) is 99.7 cm³/mol. The van der Waals surface area contributed by atoms with Gasteiger partial charge in [-0.25, -0.2) is 13.8 Å². The second kappa shape index (κ2) is 7.27. The molecule has 0 N–H and O–H groups in total. The van der Waals surface area contributed by atoms with Crippen molar-refractivity contribution in [1.82, 2.24) is 14.5 Å². The highest BCUT2D eigenvalue weighted by molar-refractivity contribution is 5.89. The first kappa shape index (κ1) is 18.5. The highest BCUT2D eigenvalue weighted by Crippen LogP contribution is 2.34. The molecular formula is C20H13F2N3O4. The maximum absolute atomic E-state index is 13.2. The van der Waals surface area contributed by atoms with Gasteiger partial charge in [0.1, 0.15) is 22.8 Å². The van der Waals surface area contributed by atoms with Gasteiger partial charge < -0.3 is 9.15 Å². The number of aromatic nitrogens is 3. The Labute approximate surface area is 162 Å². The summed E-state index contributed by atoms with van der Waals surface area (Å²) in [6, 6.07) is 5.76. The summed E-state index contributed by atoms with van der Waals surface area (Å²) >= 11 is 0. The second-order valence-electron chi connectivity index (χ2n) is 6.05. The number of aldehydes is 1. The van der Waals surface area contributed by atoms with Crippen molar-refractivity contribution in [3.63, 3.8) is 0 Å². The fraction of sp³-hybridized carbons (Fsp3) is 0.100. The number of rotatable bonds is 5. The summed E-state index contributed by atoms with van der Waals surface area (Å²) in [5, 5.41) is 0.358. The van der Waals surface area contributed by atoms with Crippen LogP contribution in [-0.2, 0) is 0 Å². The number of halogens is 2. The summed E-state index contributed by atoms with van der Waals surface area (Å²) in [5.74, 6) is 0.406. The average molecular weight is 397 g/mol. The van der Waals surface area contributed by atoms with E-state index in [2.05, 4.69) is 9.97 Å². The highest BCUT2D eigenvalue weighted by Gasteiger charge is 2.18. The monoisotopic (exact) mass is 397 g/mol. The SMILES string of the molecule is COc1cnc(C(F)F)cc1-c1cc(-n2ccc3occc3c2=O)ncc1C=O. The fourth-order valence-corrected chi connectivity index (χ4v) is 3.01.